The first-order chi connectivity index (χ1) is 17.0. The zero-order valence-electron chi connectivity index (χ0n) is 20.1. The quantitative estimate of drug-likeness (QED) is 0.0978. The normalized spacial score (nSPS) is 19.9. The number of nitrogens with zero attached hydrogens (tertiary/aromatic N) is 3. The topological polar surface area (TPSA) is 183 Å². The van der Waals surface area contributed by atoms with Gasteiger partial charge in [0.25, 0.3) is 11.8 Å². The summed E-state index contributed by atoms with van der Waals surface area (Å²) in [5.74, 6) is -2.22. The minimum atomic E-state index is -0.977. The number of hydrogen-bond donors (Lipinski definition) is 3. The molecule has 36 heavy (non-hydrogen) atoms. The van der Waals surface area contributed by atoms with Gasteiger partial charge in [-0.25, -0.2) is 9.78 Å². The van der Waals surface area contributed by atoms with E-state index in [0.29, 0.717) is 11.3 Å². The Kier molecular flexibility index (Phi) is 8.58. The number of carbonyl (C=O) groups is 4. The Bertz CT molecular complexity index is 1110. The number of nitrogens with one attached hydrogen (secondary N) is 1. The summed E-state index contributed by atoms with van der Waals surface area (Å²) in [5.41, 5.74) is 5.12. The summed E-state index contributed by atoms with van der Waals surface area (Å²) < 4.78 is 15.5. The van der Waals surface area contributed by atoms with Crippen molar-refractivity contribution in [2.45, 2.75) is 32.2 Å². The van der Waals surface area contributed by atoms with Crippen LogP contribution in [-0.2, 0) is 33.4 Å². The van der Waals surface area contributed by atoms with Crippen molar-refractivity contribution in [2.24, 2.45) is 10.6 Å². The molecule has 3 rings (SSSR count). The zero-order valence-corrected chi connectivity index (χ0v) is 21.7. The molecule has 0 unspecified atom stereocenters. The highest BCUT2D eigenvalue weighted by atomic mass is 32.2. The van der Waals surface area contributed by atoms with Crippen LogP contribution < -0.4 is 11.1 Å². The Balaban J connectivity index is 1.67. The fraction of sp³-hybridized carbons (Fsp3) is 0.524. The van der Waals surface area contributed by atoms with Gasteiger partial charge in [0.2, 0.25) is 0 Å². The van der Waals surface area contributed by atoms with Crippen molar-refractivity contribution >= 4 is 57.7 Å². The van der Waals surface area contributed by atoms with Crippen LogP contribution in [0.2, 0.25) is 0 Å². The zero-order chi connectivity index (χ0) is 26.6. The van der Waals surface area contributed by atoms with Crippen LogP contribution in [-0.4, -0.2) is 88.7 Å². The van der Waals surface area contributed by atoms with E-state index in [1.807, 2.05) is 0 Å². The Morgan fingerprint density at radius 1 is 1.31 bits per heavy atom. The Morgan fingerprint density at radius 2 is 2.00 bits per heavy atom. The van der Waals surface area contributed by atoms with Crippen molar-refractivity contribution in [1.29, 1.82) is 0 Å². The first kappa shape index (κ1) is 27.4. The van der Waals surface area contributed by atoms with Gasteiger partial charge in [0, 0.05) is 18.2 Å². The summed E-state index contributed by atoms with van der Waals surface area (Å²) in [5, 5.41) is 15.8. The minimum Gasteiger partial charge on any atom is -0.462 e. The highest BCUT2D eigenvalue weighted by Crippen LogP contribution is 2.40. The molecule has 2 atom stereocenters. The van der Waals surface area contributed by atoms with Gasteiger partial charge in [-0.15, -0.1) is 23.1 Å². The number of amides is 2. The number of aromatic nitrogens is 1. The molecule has 2 aliphatic heterocycles. The number of hydrogen-bond acceptors (Lipinski definition) is 13. The predicted molar refractivity (Wildman–Crippen MR) is 130 cm³/mol. The third-order valence-corrected chi connectivity index (χ3v) is 7.10. The minimum absolute atomic E-state index is 0.0292. The molecule has 0 saturated carbocycles. The second kappa shape index (κ2) is 11.3. The number of thiazole rings is 1. The molecule has 1 saturated heterocycles. The SMILES string of the molecule is COCC1=C(C(=O)OCCOC(=O)C(C)(C)C)N2C(=O)[C@@H](NC(=O)/C(=N\O)c3csc(N)n3)[C@H]2SC1. The molecular formula is C21H27N5O8S2. The highest BCUT2D eigenvalue weighted by molar-refractivity contribution is 8.00. The summed E-state index contributed by atoms with van der Waals surface area (Å²) in [6.45, 7) is 4.87. The first-order valence-corrected chi connectivity index (χ1v) is 12.7. The fourth-order valence-electron chi connectivity index (χ4n) is 3.33. The number of esters is 2. The van der Waals surface area contributed by atoms with Gasteiger partial charge in [0.15, 0.2) is 10.8 Å². The van der Waals surface area contributed by atoms with Gasteiger partial charge in [0.1, 0.15) is 36.0 Å². The van der Waals surface area contributed by atoms with Crippen molar-refractivity contribution < 1.29 is 38.6 Å². The number of ether oxygens (including phenoxy) is 3. The lowest BCUT2D eigenvalue weighted by Crippen LogP contribution is -2.71. The Hall–Kier alpha value is -3.17. The molecule has 1 aromatic rings. The van der Waals surface area contributed by atoms with E-state index in [1.165, 1.54) is 29.2 Å². The first-order valence-electron chi connectivity index (χ1n) is 10.7. The summed E-state index contributed by atoms with van der Waals surface area (Å²) in [7, 11) is 1.46. The number of methoxy groups -OCH3 is 1. The van der Waals surface area contributed by atoms with E-state index in [4.69, 9.17) is 19.9 Å². The van der Waals surface area contributed by atoms with Gasteiger partial charge in [-0.05, 0) is 26.3 Å². The van der Waals surface area contributed by atoms with Crippen molar-refractivity contribution in [3.63, 3.8) is 0 Å². The predicted octanol–water partition coefficient (Wildman–Crippen LogP) is 0.337. The molecule has 0 spiro atoms. The lowest BCUT2D eigenvalue weighted by molar-refractivity contribution is -0.159. The number of anilines is 1. The summed E-state index contributed by atoms with van der Waals surface area (Å²) in [6, 6.07) is -0.977. The lowest BCUT2D eigenvalue weighted by atomic mass is 9.97. The van der Waals surface area contributed by atoms with Crippen LogP contribution in [0.25, 0.3) is 0 Å². The van der Waals surface area contributed by atoms with E-state index in [-0.39, 0.29) is 36.3 Å². The monoisotopic (exact) mass is 541 g/mol. The molecule has 1 aromatic heterocycles. The molecule has 0 bridgehead atoms. The summed E-state index contributed by atoms with van der Waals surface area (Å²) in [4.78, 5) is 55.6. The molecule has 2 aliphatic rings. The van der Waals surface area contributed by atoms with Crippen LogP contribution in [0.15, 0.2) is 21.8 Å². The van der Waals surface area contributed by atoms with Gasteiger partial charge in [0.05, 0.1) is 12.0 Å². The van der Waals surface area contributed by atoms with Crippen LogP contribution in [0.4, 0.5) is 5.13 Å². The van der Waals surface area contributed by atoms with Crippen molar-refractivity contribution in [2.75, 3.05) is 38.4 Å². The number of β-lactam (4-membered cyclic amide) rings is 1. The molecule has 13 nitrogen and oxygen atoms in total. The number of nitrogen functional groups attached to an aromatic ring is 1. The van der Waals surface area contributed by atoms with E-state index in [1.54, 1.807) is 20.8 Å². The van der Waals surface area contributed by atoms with Crippen LogP contribution >= 0.6 is 23.1 Å². The molecule has 0 aromatic carbocycles. The van der Waals surface area contributed by atoms with E-state index in [9.17, 15) is 24.4 Å². The number of carbonyl (C=O) groups excluding carboxylic acids is 4. The number of oxime groups is 1. The van der Waals surface area contributed by atoms with Crippen molar-refractivity contribution in [3.05, 3.63) is 22.3 Å². The second-order valence-corrected chi connectivity index (χ2v) is 10.8. The lowest BCUT2D eigenvalue weighted by Gasteiger charge is -2.49. The molecule has 3 heterocycles. The Labute approximate surface area is 215 Å². The number of nitrogens with two attached hydrogens (primary N) is 1. The molecule has 0 radical (unpaired) electrons. The number of thioether (sulfide) groups is 1. The standard InChI is InChI=1S/C21H27N5O8S2/c1-21(2,3)19(30)34-6-5-33-18(29)14-10(7-32-4)8-35-17-13(16(28)26(14)17)24-15(27)12(25-31)11-9-36-20(22)23-11/h9,13,17,31H,5-8H2,1-4H3,(H2,22,23)(H,24,27)/b25-12-/t13-,17-/m1/s1. The van der Waals surface area contributed by atoms with Crippen LogP contribution in [0.3, 0.4) is 0 Å². The third-order valence-electron chi connectivity index (χ3n) is 5.09. The fourth-order valence-corrected chi connectivity index (χ4v) is 5.20. The maximum Gasteiger partial charge on any atom is 0.355 e. The van der Waals surface area contributed by atoms with Gasteiger partial charge in [-0.1, -0.05) is 5.16 Å². The van der Waals surface area contributed by atoms with E-state index < -0.39 is 46.3 Å². The number of fused-ring (bicyclic) bond motifs is 1. The van der Waals surface area contributed by atoms with Crippen LogP contribution in [0.5, 0.6) is 0 Å². The average Bonchev–Trinajstić information content (AvgIpc) is 3.25. The van der Waals surface area contributed by atoms with Gasteiger partial charge < -0.3 is 30.5 Å². The highest BCUT2D eigenvalue weighted by Gasteiger charge is 2.54. The maximum absolute atomic E-state index is 13.0. The molecule has 0 aliphatic carbocycles. The molecular weight excluding hydrogens is 514 g/mol. The number of rotatable bonds is 9. The molecule has 1 fully saturated rings. The van der Waals surface area contributed by atoms with E-state index >= 15 is 0 Å². The average molecular weight is 542 g/mol. The molecule has 196 valence electrons. The Morgan fingerprint density at radius 3 is 2.58 bits per heavy atom. The second-order valence-electron chi connectivity index (χ2n) is 8.79. The van der Waals surface area contributed by atoms with Gasteiger partial charge in [-0.2, -0.15) is 0 Å². The largest absolute Gasteiger partial charge is 0.462 e. The van der Waals surface area contributed by atoms with Crippen molar-refractivity contribution in [1.82, 2.24) is 15.2 Å². The maximum atomic E-state index is 13.0. The van der Waals surface area contributed by atoms with E-state index in [0.717, 1.165) is 11.3 Å². The molecule has 15 heteroatoms. The van der Waals surface area contributed by atoms with Gasteiger partial charge in [-0.3, -0.25) is 19.3 Å². The summed E-state index contributed by atoms with van der Waals surface area (Å²) >= 11 is 2.39. The molecule has 4 N–H and O–H groups in total. The smallest absolute Gasteiger partial charge is 0.355 e. The molecule has 2 amide bonds. The van der Waals surface area contributed by atoms with Crippen LogP contribution in [0, 0.1) is 5.41 Å². The van der Waals surface area contributed by atoms with E-state index in [2.05, 4.69) is 15.5 Å². The van der Waals surface area contributed by atoms with Crippen molar-refractivity contribution in [3.8, 4) is 0 Å². The van der Waals surface area contributed by atoms with Gasteiger partial charge >= 0.3 is 11.9 Å². The van der Waals surface area contributed by atoms with Crippen LogP contribution in [0.1, 0.15) is 26.5 Å². The third kappa shape index (κ3) is 5.79. The summed E-state index contributed by atoms with van der Waals surface area (Å²) in [6.07, 6.45) is 0.